The third-order valence-corrected chi connectivity index (χ3v) is 13.7. The van der Waals surface area contributed by atoms with Crippen molar-refractivity contribution in [1.82, 2.24) is 8.61 Å². The summed E-state index contributed by atoms with van der Waals surface area (Å²) in [5.74, 6) is -108. The van der Waals surface area contributed by atoms with Crippen LogP contribution in [-0.2, 0) is 33.7 Å². The van der Waals surface area contributed by atoms with Crippen LogP contribution >= 0.6 is 7.82 Å². The summed E-state index contributed by atoms with van der Waals surface area (Å²) in [5, 5.41) is -16.4. The number of halogens is 34. The van der Waals surface area contributed by atoms with Crippen LogP contribution in [0.3, 0.4) is 0 Å². The first-order valence-corrected chi connectivity index (χ1v) is 21.7. The van der Waals surface area contributed by atoms with Crippen LogP contribution in [0.15, 0.2) is 0 Å². The van der Waals surface area contributed by atoms with Gasteiger partial charge in [0.15, 0.2) is 0 Å². The van der Waals surface area contributed by atoms with Crippen molar-refractivity contribution in [3.63, 3.8) is 0 Å². The highest BCUT2D eigenvalue weighted by atomic mass is 32.2. The quantitative estimate of drug-likeness (QED) is 0.0559. The van der Waals surface area contributed by atoms with Crippen molar-refractivity contribution >= 4 is 27.9 Å². The second-order valence-corrected chi connectivity index (χ2v) is 19.2. The lowest BCUT2D eigenvalue weighted by Crippen LogP contribution is -2.75. The number of sulfonamides is 2. The summed E-state index contributed by atoms with van der Waals surface area (Å²) in [7, 11) is -23.0. The predicted octanol–water partition coefficient (Wildman–Crippen LogP) is 10.5. The molecule has 0 aromatic heterocycles. The van der Waals surface area contributed by atoms with Crippen molar-refractivity contribution in [2.24, 2.45) is 0 Å². The maximum atomic E-state index is 14.7. The van der Waals surface area contributed by atoms with Crippen LogP contribution in [0.5, 0.6) is 0 Å². The average Bonchev–Trinajstić information content (AvgIpc) is 3.17. The van der Waals surface area contributed by atoms with Crippen LogP contribution in [0.25, 0.3) is 0 Å². The van der Waals surface area contributed by atoms with Crippen LogP contribution < -0.4 is 4.89 Å². The van der Waals surface area contributed by atoms with Crippen molar-refractivity contribution in [2.75, 3.05) is 39.4 Å². The Balaban J connectivity index is 6.80. The van der Waals surface area contributed by atoms with E-state index in [1.165, 1.54) is 0 Å². The normalized spacial score (nSPS) is 16.5. The van der Waals surface area contributed by atoms with E-state index in [2.05, 4.69) is 9.05 Å². The Morgan fingerprint density at radius 1 is 0.342 bits per heavy atom. The van der Waals surface area contributed by atoms with Crippen molar-refractivity contribution < 1.29 is 185 Å². The molecule has 0 rings (SSSR count). The van der Waals surface area contributed by atoms with E-state index in [4.69, 9.17) is 0 Å². The molecule has 0 amide bonds. The number of nitrogens with zero attached hydrogens (tertiary/aromatic N) is 2. The first-order valence-electron chi connectivity index (χ1n) is 17.4. The lowest BCUT2D eigenvalue weighted by atomic mass is 9.91. The Kier molecular flexibility index (Phi) is 19.4. The van der Waals surface area contributed by atoms with Crippen molar-refractivity contribution in [3.05, 3.63) is 0 Å². The molecule has 0 aliphatic carbocycles. The second-order valence-electron chi connectivity index (χ2n) is 13.8. The summed E-state index contributed by atoms with van der Waals surface area (Å²) in [5.41, 5.74) is 0. The molecule has 0 aromatic carbocycles. The predicted molar refractivity (Wildman–Crippen MR) is 162 cm³/mol. The van der Waals surface area contributed by atoms with E-state index in [1.807, 2.05) is 0 Å². The molecule has 47 heteroatoms. The lowest BCUT2D eigenvalue weighted by molar-refractivity contribution is -0.458. The first kappa shape index (κ1) is 70.5. The van der Waals surface area contributed by atoms with Gasteiger partial charge < -0.3 is 13.9 Å². The van der Waals surface area contributed by atoms with Gasteiger partial charge in [0.2, 0.25) is 0 Å². The van der Waals surface area contributed by atoms with Gasteiger partial charge in [0, 0.05) is 26.2 Å². The van der Waals surface area contributed by atoms with E-state index >= 15 is 0 Å². The van der Waals surface area contributed by atoms with E-state index in [1.54, 1.807) is 0 Å². The fraction of sp³-hybridized carbons (Fsp3) is 1.00. The largest absolute Gasteiger partial charge is 0.756 e. The SMILES string of the molecule is CCCN(CCOP(=O)([O-])OCCN(CCC)S(=O)(=O)C(F)(F)C(F)(F)C(F)(F)C(F)(F)C(F)(F)C(F)(F)C(F)(F)C(F)(F)F)S(=O)(=O)C(F)(F)C(F)(F)C(F)(F)C(F)(F)C(F)(F)C(F)(F)C(F)(F)C(F)(F)F. The maximum Gasteiger partial charge on any atom is 0.460 e. The molecule has 0 aromatic rings. The summed E-state index contributed by atoms with van der Waals surface area (Å²) in [4.78, 5) is 12.1. The molecule has 73 heavy (non-hydrogen) atoms. The molecule has 0 heterocycles. The highest BCUT2D eigenvalue weighted by Crippen LogP contribution is 2.67. The monoisotopic (exact) mass is 1230 g/mol. The molecule has 0 radical (unpaired) electrons. The van der Waals surface area contributed by atoms with Crippen molar-refractivity contribution in [3.8, 4) is 0 Å². The van der Waals surface area contributed by atoms with Gasteiger partial charge in [-0.05, 0) is 12.8 Å². The smallest absolute Gasteiger partial charge is 0.460 e. The van der Waals surface area contributed by atoms with Crippen LogP contribution in [0.2, 0.25) is 0 Å². The number of hydrogen-bond donors (Lipinski definition) is 0. The zero-order valence-corrected chi connectivity index (χ0v) is 36.5. The van der Waals surface area contributed by atoms with Crippen LogP contribution in [0, 0.1) is 0 Å². The minimum atomic E-state index is -9.28. The molecule has 0 saturated heterocycles. The van der Waals surface area contributed by atoms with Gasteiger partial charge in [-0.25, -0.2) is 16.8 Å². The lowest BCUT2D eigenvalue weighted by Gasteiger charge is -2.43. The van der Waals surface area contributed by atoms with E-state index in [-0.39, 0.29) is 0 Å². The molecular weight excluding hydrogens is 1210 g/mol. The Labute approximate surface area is 381 Å². The number of alkyl halides is 34. The van der Waals surface area contributed by atoms with Gasteiger partial charge in [-0.1, -0.05) is 13.8 Å². The van der Waals surface area contributed by atoms with Crippen LogP contribution in [-0.4, -0.2) is 159 Å². The van der Waals surface area contributed by atoms with Gasteiger partial charge in [0.25, 0.3) is 27.9 Å². The summed E-state index contributed by atoms with van der Waals surface area (Å²) < 4.78 is 530. The molecule has 0 unspecified atom stereocenters. The molecule has 0 fully saturated rings. The first-order chi connectivity index (χ1) is 31.3. The van der Waals surface area contributed by atoms with Crippen LogP contribution in [0.1, 0.15) is 26.7 Å². The summed E-state index contributed by atoms with van der Waals surface area (Å²) in [6.45, 7) is -12.5. The molecule has 0 aliphatic heterocycles. The standard InChI is InChI=1S/C26H23F34N2O8PS2/c1-3-5-61(72(65,66)25(57,58)21(47,48)17(39,40)13(31,32)11(27,28)15(35,36)19(43,44)23(51,52)53)7-9-69-71(63,64)70-10-8-62(6-4-2)73(67,68)26(59,60)22(49,50)18(41,42)14(33,34)12(29,30)16(37,38)20(45,46)24(54,55)56/h3-10H2,1-2H3,(H,63,64)/p-1. The van der Waals surface area contributed by atoms with Gasteiger partial charge in [-0.3, -0.25) is 4.57 Å². The molecule has 0 bridgehead atoms. The van der Waals surface area contributed by atoms with Crippen LogP contribution in [0.4, 0.5) is 149 Å². The molecule has 0 atom stereocenters. The Morgan fingerprint density at radius 2 is 0.521 bits per heavy atom. The van der Waals surface area contributed by atoms with Gasteiger partial charge >= 0.3 is 93.9 Å². The number of phosphoric acid groups is 1. The topological polar surface area (TPSA) is 133 Å². The number of rotatable bonds is 28. The summed E-state index contributed by atoms with van der Waals surface area (Å²) in [6, 6.07) is 0. The molecular formula is C26H22F34N2O8PS2-. The number of phosphoric ester groups is 1. The van der Waals surface area contributed by atoms with Gasteiger partial charge in [-0.15, -0.1) is 0 Å². The minimum absolute atomic E-state index is 0.545. The van der Waals surface area contributed by atoms with E-state index in [0.29, 0.717) is 13.8 Å². The Hall–Kier alpha value is -2.45. The zero-order chi connectivity index (χ0) is 59.7. The maximum absolute atomic E-state index is 14.7. The molecule has 0 spiro atoms. The van der Waals surface area contributed by atoms with Crippen molar-refractivity contribution in [1.29, 1.82) is 0 Å². The average molecular weight is 1230 g/mol. The van der Waals surface area contributed by atoms with Gasteiger partial charge in [0.1, 0.15) is 0 Å². The molecule has 0 aliphatic rings. The minimum Gasteiger partial charge on any atom is -0.756 e. The van der Waals surface area contributed by atoms with Gasteiger partial charge in [0.05, 0.1) is 13.2 Å². The van der Waals surface area contributed by atoms with Gasteiger partial charge in [-0.2, -0.15) is 158 Å². The fourth-order valence-corrected chi connectivity index (χ4v) is 8.41. The highest BCUT2D eigenvalue weighted by molar-refractivity contribution is 7.90. The van der Waals surface area contributed by atoms with E-state index in [0.717, 1.165) is 0 Å². The summed E-state index contributed by atoms with van der Waals surface area (Å²) >= 11 is 0. The second kappa shape index (κ2) is 20.1. The molecule has 10 nitrogen and oxygen atoms in total. The van der Waals surface area contributed by atoms with E-state index < -0.39 is 183 Å². The van der Waals surface area contributed by atoms with Crippen molar-refractivity contribution in [2.45, 2.75) is 121 Å². The Morgan fingerprint density at radius 3 is 0.699 bits per heavy atom. The Bertz CT molecular complexity index is 2050. The van der Waals surface area contributed by atoms with E-state index in [9.17, 15) is 176 Å². The molecule has 440 valence electrons. The third kappa shape index (κ3) is 10.5. The highest BCUT2D eigenvalue weighted by Gasteiger charge is 2.98. The fourth-order valence-electron chi connectivity index (χ4n) is 4.70. The molecule has 0 saturated carbocycles. The number of hydrogen-bond acceptors (Lipinski definition) is 8. The third-order valence-electron chi connectivity index (χ3n) is 8.84. The zero-order valence-electron chi connectivity index (χ0n) is 33.9. The molecule has 0 N–H and O–H groups in total. The summed E-state index contributed by atoms with van der Waals surface area (Å²) in [6.07, 6.45) is -18.6.